The zero-order chi connectivity index (χ0) is 18.5. The predicted octanol–water partition coefficient (Wildman–Crippen LogP) is 4.45. The Kier molecular flexibility index (Phi) is 5.00. The molecule has 1 atom stereocenters. The van der Waals surface area contributed by atoms with Gasteiger partial charge < -0.3 is 13.9 Å². The summed E-state index contributed by atoms with van der Waals surface area (Å²) < 4.78 is 17.5. The fourth-order valence-corrected chi connectivity index (χ4v) is 2.90. The van der Waals surface area contributed by atoms with Crippen LogP contribution in [0.2, 0.25) is 0 Å². The molecule has 0 aliphatic rings. The molecule has 1 unspecified atom stereocenters. The van der Waals surface area contributed by atoms with Crippen molar-refractivity contribution in [2.75, 3.05) is 0 Å². The first-order valence-corrected chi connectivity index (χ1v) is 8.91. The molecule has 0 amide bonds. The van der Waals surface area contributed by atoms with Gasteiger partial charge in [0.05, 0.1) is 6.26 Å². The van der Waals surface area contributed by atoms with Crippen LogP contribution in [0.3, 0.4) is 0 Å². The van der Waals surface area contributed by atoms with E-state index in [1.54, 1.807) is 6.26 Å². The van der Waals surface area contributed by atoms with E-state index in [1.807, 2.05) is 48.5 Å². The van der Waals surface area contributed by atoms with E-state index in [1.165, 1.54) is 0 Å². The average molecular weight is 364 g/mol. The van der Waals surface area contributed by atoms with Gasteiger partial charge in [0, 0.05) is 10.9 Å². The largest absolute Gasteiger partial charge is 0.489 e. The third kappa shape index (κ3) is 3.92. The molecule has 0 radical (unpaired) electrons. The number of nitrogens with one attached hydrogen (secondary N) is 1. The van der Waals surface area contributed by atoms with Crippen LogP contribution >= 0.6 is 0 Å². The summed E-state index contributed by atoms with van der Waals surface area (Å²) in [6.45, 7) is 2.49. The van der Waals surface area contributed by atoms with Crippen molar-refractivity contribution in [3.63, 3.8) is 0 Å². The molecule has 7 heteroatoms. The molecule has 0 saturated carbocycles. The maximum atomic E-state index is 6.20. The standard InChI is InChI=1S/C20H20N4O3/c1-2-5-19(20-21-23-24-22-20)27-18-7-4-3-6-15(18)13-26-16-8-9-17-14(12-16)10-11-25-17/h3-4,6-12,19H,2,5,13H2,1H3,(H,21,22,23,24). The first kappa shape index (κ1) is 17.1. The first-order chi connectivity index (χ1) is 13.3. The lowest BCUT2D eigenvalue weighted by Crippen LogP contribution is -2.11. The van der Waals surface area contributed by atoms with Crippen molar-refractivity contribution in [1.29, 1.82) is 0 Å². The molecule has 0 aliphatic heterocycles. The molecule has 0 bridgehead atoms. The maximum absolute atomic E-state index is 6.20. The predicted molar refractivity (Wildman–Crippen MR) is 99.4 cm³/mol. The normalized spacial score (nSPS) is 12.2. The summed E-state index contributed by atoms with van der Waals surface area (Å²) in [5, 5.41) is 15.3. The van der Waals surface area contributed by atoms with Crippen molar-refractivity contribution in [2.45, 2.75) is 32.5 Å². The second-order valence-corrected chi connectivity index (χ2v) is 6.18. The smallest absolute Gasteiger partial charge is 0.214 e. The van der Waals surface area contributed by atoms with Crippen molar-refractivity contribution in [3.05, 3.63) is 66.2 Å². The molecule has 2 heterocycles. The zero-order valence-electron chi connectivity index (χ0n) is 15.0. The van der Waals surface area contributed by atoms with Gasteiger partial charge in [-0.3, -0.25) is 0 Å². The van der Waals surface area contributed by atoms with Gasteiger partial charge in [0.2, 0.25) is 5.82 Å². The van der Waals surface area contributed by atoms with Crippen LogP contribution in [0.15, 0.2) is 59.2 Å². The van der Waals surface area contributed by atoms with Crippen molar-refractivity contribution >= 4 is 11.0 Å². The summed E-state index contributed by atoms with van der Waals surface area (Å²) in [5.74, 6) is 2.09. The van der Waals surface area contributed by atoms with Crippen LogP contribution in [0, 0.1) is 0 Å². The number of rotatable bonds is 8. The molecule has 138 valence electrons. The lowest BCUT2D eigenvalue weighted by Gasteiger charge is -2.18. The van der Waals surface area contributed by atoms with Crippen molar-refractivity contribution < 1.29 is 13.9 Å². The number of benzene rings is 2. The number of hydrogen-bond acceptors (Lipinski definition) is 6. The van der Waals surface area contributed by atoms with E-state index >= 15 is 0 Å². The highest BCUT2D eigenvalue weighted by Gasteiger charge is 2.19. The highest BCUT2D eigenvalue weighted by Crippen LogP contribution is 2.28. The fraction of sp³-hybridized carbons (Fsp3) is 0.250. The van der Waals surface area contributed by atoms with E-state index in [0.29, 0.717) is 12.4 Å². The van der Waals surface area contributed by atoms with Gasteiger partial charge in [0.15, 0.2) is 6.10 Å². The van der Waals surface area contributed by atoms with Gasteiger partial charge in [-0.2, -0.15) is 5.21 Å². The van der Waals surface area contributed by atoms with E-state index < -0.39 is 0 Å². The number of tetrazole rings is 1. The minimum absolute atomic E-state index is 0.253. The van der Waals surface area contributed by atoms with E-state index in [-0.39, 0.29) is 6.10 Å². The molecule has 0 saturated heterocycles. The van der Waals surface area contributed by atoms with E-state index in [4.69, 9.17) is 13.9 Å². The molecule has 0 aliphatic carbocycles. The molecule has 27 heavy (non-hydrogen) atoms. The quantitative estimate of drug-likeness (QED) is 0.497. The highest BCUT2D eigenvalue weighted by molar-refractivity contribution is 5.78. The van der Waals surface area contributed by atoms with Crippen LogP contribution < -0.4 is 9.47 Å². The summed E-state index contributed by atoms with van der Waals surface area (Å²) in [5.41, 5.74) is 1.79. The monoisotopic (exact) mass is 364 g/mol. The van der Waals surface area contributed by atoms with Gasteiger partial charge in [-0.05, 0) is 36.8 Å². The molecule has 2 aromatic heterocycles. The summed E-state index contributed by atoms with van der Waals surface area (Å²) in [6.07, 6.45) is 3.16. The number of aromatic amines is 1. The lowest BCUT2D eigenvalue weighted by atomic mass is 10.1. The summed E-state index contributed by atoms with van der Waals surface area (Å²) in [7, 11) is 0. The number of furan rings is 1. The Morgan fingerprint density at radius 3 is 2.93 bits per heavy atom. The minimum Gasteiger partial charge on any atom is -0.489 e. The molecule has 7 nitrogen and oxygen atoms in total. The lowest BCUT2D eigenvalue weighted by molar-refractivity contribution is 0.178. The van der Waals surface area contributed by atoms with Gasteiger partial charge >= 0.3 is 0 Å². The van der Waals surface area contributed by atoms with Crippen molar-refractivity contribution in [2.24, 2.45) is 0 Å². The van der Waals surface area contributed by atoms with Gasteiger partial charge in [-0.1, -0.05) is 36.8 Å². The van der Waals surface area contributed by atoms with Gasteiger partial charge in [-0.25, -0.2) is 0 Å². The van der Waals surface area contributed by atoms with Crippen LogP contribution in [0.25, 0.3) is 11.0 Å². The van der Waals surface area contributed by atoms with Crippen LogP contribution in [-0.4, -0.2) is 20.6 Å². The van der Waals surface area contributed by atoms with Gasteiger partial charge in [0.25, 0.3) is 0 Å². The molecule has 2 aromatic carbocycles. The Hall–Kier alpha value is -3.35. The Morgan fingerprint density at radius 2 is 2.07 bits per heavy atom. The number of fused-ring (bicyclic) bond motifs is 1. The topological polar surface area (TPSA) is 86.1 Å². The van der Waals surface area contributed by atoms with Gasteiger partial charge in [-0.15, -0.1) is 10.2 Å². The maximum Gasteiger partial charge on any atom is 0.214 e. The Bertz CT molecular complexity index is 997. The van der Waals surface area contributed by atoms with Gasteiger partial charge in [0.1, 0.15) is 23.7 Å². The van der Waals surface area contributed by atoms with Crippen molar-refractivity contribution in [1.82, 2.24) is 20.6 Å². The summed E-state index contributed by atoms with van der Waals surface area (Å²) >= 11 is 0. The second-order valence-electron chi connectivity index (χ2n) is 6.18. The number of hydrogen-bond donors (Lipinski definition) is 1. The number of ether oxygens (including phenoxy) is 2. The Labute approximate surface area is 156 Å². The third-order valence-corrected chi connectivity index (χ3v) is 4.26. The third-order valence-electron chi connectivity index (χ3n) is 4.26. The minimum atomic E-state index is -0.253. The summed E-state index contributed by atoms with van der Waals surface area (Å²) in [6, 6.07) is 15.5. The number of para-hydroxylation sites is 1. The van der Waals surface area contributed by atoms with E-state index in [9.17, 15) is 0 Å². The number of nitrogens with zero attached hydrogens (tertiary/aromatic N) is 3. The van der Waals surface area contributed by atoms with Crippen molar-refractivity contribution in [3.8, 4) is 11.5 Å². The number of aromatic nitrogens is 4. The van der Waals surface area contributed by atoms with E-state index in [0.717, 1.165) is 40.9 Å². The Balaban J connectivity index is 1.50. The highest BCUT2D eigenvalue weighted by atomic mass is 16.5. The van der Waals surface area contributed by atoms with Crippen LogP contribution in [0.4, 0.5) is 0 Å². The van der Waals surface area contributed by atoms with Crippen LogP contribution in [0.5, 0.6) is 11.5 Å². The molecular weight excluding hydrogens is 344 g/mol. The van der Waals surface area contributed by atoms with Crippen LogP contribution in [-0.2, 0) is 6.61 Å². The molecule has 4 aromatic rings. The van der Waals surface area contributed by atoms with E-state index in [2.05, 4.69) is 27.5 Å². The number of H-pyrrole nitrogens is 1. The SMILES string of the molecule is CCCC(Oc1ccccc1COc1ccc2occc2c1)c1nn[nH]n1. The molecule has 0 fully saturated rings. The Morgan fingerprint density at radius 1 is 1.15 bits per heavy atom. The average Bonchev–Trinajstić information content (AvgIpc) is 3.38. The molecule has 0 spiro atoms. The summed E-state index contributed by atoms with van der Waals surface area (Å²) in [4.78, 5) is 0. The molecule has 4 rings (SSSR count). The first-order valence-electron chi connectivity index (χ1n) is 8.91. The van der Waals surface area contributed by atoms with Crippen LogP contribution in [0.1, 0.15) is 37.3 Å². The molecular formula is C20H20N4O3. The fourth-order valence-electron chi connectivity index (χ4n) is 2.90. The second kappa shape index (κ2) is 7.90. The zero-order valence-corrected chi connectivity index (χ0v) is 15.0. The molecule has 1 N–H and O–H groups in total.